The normalized spacial score (nSPS) is 29.3. The minimum Gasteiger partial charge on any atom is -0.387 e. The summed E-state index contributed by atoms with van der Waals surface area (Å²) in [6, 6.07) is 0.920. The topological polar surface area (TPSA) is 264 Å². The summed E-state index contributed by atoms with van der Waals surface area (Å²) >= 11 is 0. The molecule has 0 aliphatic carbocycles. The maximum absolute atomic E-state index is 11.7. The van der Waals surface area contributed by atoms with Crippen molar-refractivity contribution in [1.29, 1.82) is 0 Å². The SMILES string of the molecule is O=[13c]1[13cH][13cH]n([13C@@H]2O[13C@H]([13CH2]OP(=O)(O)OP(=O)(O)OP(=O)(O)O)[13C@H](O)[13CH]2O)[13c](=O)[nH]1. The summed E-state index contributed by atoms with van der Waals surface area (Å²) in [7, 11) is -16.8. The van der Waals surface area contributed by atoms with E-state index in [1.165, 1.54) is 0 Å². The van der Waals surface area contributed by atoms with Gasteiger partial charge in [0.15, 0.2) is 6.23 Å². The van der Waals surface area contributed by atoms with Crippen LogP contribution < -0.4 is 11.2 Å². The number of phosphoric ester groups is 1. The van der Waals surface area contributed by atoms with Crippen LogP contribution >= 0.6 is 23.5 Å². The van der Waals surface area contributed by atoms with Crippen molar-refractivity contribution in [1.82, 2.24) is 9.55 Å². The molecule has 1 aromatic heterocycles. The van der Waals surface area contributed by atoms with E-state index in [0.717, 1.165) is 12.3 Å². The lowest BCUT2D eigenvalue weighted by Gasteiger charge is -2.19. The van der Waals surface area contributed by atoms with Crippen LogP contribution in [0.25, 0.3) is 0 Å². The number of aromatic nitrogens is 2. The minimum absolute atomic E-state index is 0.708. The molecule has 0 spiro atoms. The molecule has 2 rings (SSSR count). The first kappa shape index (κ1) is 24.2. The molecule has 0 aromatic carbocycles. The number of hydrogen-bond acceptors (Lipinski definition) is 11. The monoisotopic (exact) mass is 493 g/mol. The Kier molecular flexibility index (Phi) is 7.20. The number of aromatic amines is 1. The molecule has 1 fully saturated rings. The quantitative estimate of drug-likeness (QED) is 0.146. The van der Waals surface area contributed by atoms with Crippen LogP contribution in [0.1, 0.15) is 6.23 Å². The van der Waals surface area contributed by atoms with Crippen molar-refractivity contribution in [3.8, 4) is 0 Å². The molecule has 0 bridgehead atoms. The van der Waals surface area contributed by atoms with Gasteiger partial charge < -0.3 is 34.5 Å². The molecular weight excluding hydrogens is 478 g/mol. The van der Waals surface area contributed by atoms with E-state index in [-0.39, 0.29) is 0 Å². The molecule has 20 heteroatoms. The Bertz CT molecular complexity index is 997. The van der Waals surface area contributed by atoms with E-state index < -0.39 is 65.9 Å². The minimum atomic E-state index is -5.73. The molecule has 29 heavy (non-hydrogen) atoms. The maximum Gasteiger partial charge on any atom is 0.490 e. The van der Waals surface area contributed by atoms with E-state index >= 15 is 0 Å². The first-order chi connectivity index (χ1) is 13.1. The lowest BCUT2D eigenvalue weighted by Crippen LogP contribution is -2.37. The van der Waals surface area contributed by atoms with Gasteiger partial charge in [-0.05, 0) is 0 Å². The number of nitrogens with one attached hydrogen (secondary N) is 1. The van der Waals surface area contributed by atoms with Gasteiger partial charge in [-0.3, -0.25) is 18.9 Å². The van der Waals surface area contributed by atoms with Crippen LogP contribution in [-0.2, 0) is 31.6 Å². The van der Waals surface area contributed by atoms with E-state index in [0.29, 0.717) is 4.57 Å². The second-order valence-electron chi connectivity index (χ2n) is 5.45. The smallest absolute Gasteiger partial charge is 0.387 e. The molecule has 0 amide bonds. The lowest BCUT2D eigenvalue weighted by molar-refractivity contribution is -0.0542. The van der Waals surface area contributed by atoms with Crippen LogP contribution in [-0.4, -0.2) is 64.3 Å². The number of ether oxygens (including phenoxy) is 1. The van der Waals surface area contributed by atoms with E-state index in [2.05, 4.69) is 13.1 Å². The maximum atomic E-state index is 11.7. The molecule has 2 heterocycles. The number of aliphatic hydroxyl groups is 2. The third-order valence-corrected chi connectivity index (χ3v) is 7.08. The molecule has 166 valence electrons. The van der Waals surface area contributed by atoms with Crippen molar-refractivity contribution in [2.75, 3.05) is 6.61 Å². The first-order valence-corrected chi connectivity index (χ1v) is 11.7. The Morgan fingerprint density at radius 2 is 1.66 bits per heavy atom. The van der Waals surface area contributed by atoms with Gasteiger partial charge in [-0.15, -0.1) is 0 Å². The van der Waals surface area contributed by atoms with Crippen LogP contribution in [0, 0.1) is 0 Å². The van der Waals surface area contributed by atoms with Gasteiger partial charge in [0.1, 0.15) is 18.3 Å². The van der Waals surface area contributed by atoms with Crippen molar-refractivity contribution < 1.29 is 61.4 Å². The zero-order valence-electron chi connectivity index (χ0n) is 13.8. The molecule has 17 nitrogen and oxygen atoms in total. The summed E-state index contributed by atoms with van der Waals surface area (Å²) in [5.74, 6) is 0. The number of H-pyrrole nitrogens is 1. The number of phosphoric acid groups is 3. The van der Waals surface area contributed by atoms with E-state index in [4.69, 9.17) is 19.4 Å². The Morgan fingerprint density at radius 1 is 1.03 bits per heavy atom. The van der Waals surface area contributed by atoms with Crippen molar-refractivity contribution in [2.24, 2.45) is 0 Å². The van der Waals surface area contributed by atoms with Gasteiger partial charge in [0.25, 0.3) is 5.56 Å². The van der Waals surface area contributed by atoms with Gasteiger partial charge in [0.05, 0.1) is 6.61 Å². The van der Waals surface area contributed by atoms with Gasteiger partial charge in [-0.25, -0.2) is 18.5 Å². The molecule has 1 aliphatic rings. The van der Waals surface area contributed by atoms with Gasteiger partial charge in [0, 0.05) is 12.3 Å². The fourth-order valence-electron chi connectivity index (χ4n) is 2.20. The Morgan fingerprint density at radius 3 is 2.21 bits per heavy atom. The van der Waals surface area contributed by atoms with E-state index in [9.17, 15) is 38.4 Å². The standard InChI is InChI=1S/C9H15N2O15P3/c12-5-1-2-11(9(15)10-5)8-7(14)6(13)4(24-8)3-23-28(19,20)26-29(21,22)25-27(16,17)18/h1-2,4,6-8,13-14H,3H2,(H,19,20)(H,21,22)(H,10,12,15)(H2,16,17,18)/t4-,6+,7?,8-/m1/s1/i1+1,2+1,3+1,4+1,5+1,6+1,7+1,8+1,9+1. The molecule has 7 N–H and O–H groups in total. The summed E-state index contributed by atoms with van der Waals surface area (Å²) in [4.78, 5) is 59.9. The molecule has 1 aliphatic heterocycles. The molecule has 0 radical (unpaired) electrons. The fraction of sp³-hybridized carbons (Fsp3) is 0.556. The average molecular weight is 493 g/mol. The van der Waals surface area contributed by atoms with Gasteiger partial charge >= 0.3 is 29.2 Å². The van der Waals surface area contributed by atoms with E-state index in [1.807, 2.05) is 4.98 Å². The summed E-state index contributed by atoms with van der Waals surface area (Å²) in [5.41, 5.74) is -1.74. The number of hydrogen-bond donors (Lipinski definition) is 7. The largest absolute Gasteiger partial charge is 0.490 e. The van der Waals surface area contributed by atoms with Gasteiger partial charge in [0.2, 0.25) is 0 Å². The molecule has 1 aromatic rings. The Hall–Kier alpha value is -1.03. The summed E-state index contributed by atoms with van der Waals surface area (Å²) < 4.78 is 50.6. The van der Waals surface area contributed by atoms with Crippen molar-refractivity contribution in [2.45, 2.75) is 24.5 Å². The summed E-state index contributed by atoms with van der Waals surface area (Å²) in [5, 5.41) is 19.9. The molecular formula is C9H15N2O15P3. The van der Waals surface area contributed by atoms with Crippen LogP contribution in [0.5, 0.6) is 0 Å². The Balaban J connectivity index is 2.06. The molecule has 3 unspecified atom stereocenters. The van der Waals surface area contributed by atoms with Crippen molar-refractivity contribution in [3.05, 3.63) is 33.1 Å². The number of nitrogens with zero attached hydrogens (tertiary/aromatic N) is 1. The van der Waals surface area contributed by atoms with Crippen LogP contribution in [0.3, 0.4) is 0 Å². The summed E-state index contributed by atoms with van der Waals surface area (Å²) in [6.07, 6.45) is -5.70. The number of aliphatic hydroxyl groups excluding tert-OH is 2. The highest BCUT2D eigenvalue weighted by Gasteiger charge is 2.46. The number of rotatable bonds is 8. The van der Waals surface area contributed by atoms with Gasteiger partial charge in [-0.1, -0.05) is 0 Å². The first-order valence-electron chi connectivity index (χ1n) is 7.22. The van der Waals surface area contributed by atoms with Crippen LogP contribution in [0.4, 0.5) is 0 Å². The second-order valence-corrected chi connectivity index (χ2v) is 9.87. The molecule has 6 atom stereocenters. The summed E-state index contributed by atoms with van der Waals surface area (Å²) in [6.45, 7) is -1.05. The van der Waals surface area contributed by atoms with E-state index in [1.54, 1.807) is 0 Å². The van der Waals surface area contributed by atoms with Crippen LogP contribution in [0.2, 0.25) is 0 Å². The van der Waals surface area contributed by atoms with Crippen molar-refractivity contribution >= 4 is 23.5 Å². The third-order valence-electron chi connectivity index (χ3n) is 3.28. The molecule has 1 saturated heterocycles. The second kappa shape index (κ2) is 8.61. The zero-order chi connectivity index (χ0) is 22.2. The predicted octanol–water partition coefficient (Wildman–Crippen LogP) is -2.50. The van der Waals surface area contributed by atoms with Crippen molar-refractivity contribution in [3.63, 3.8) is 0 Å². The average Bonchev–Trinajstić information content (AvgIpc) is 2.78. The fourth-order valence-corrected chi connectivity index (χ4v) is 5.23. The highest BCUT2D eigenvalue weighted by molar-refractivity contribution is 7.66. The molecule has 0 saturated carbocycles. The highest BCUT2D eigenvalue weighted by atomic mass is 31.3. The van der Waals surface area contributed by atoms with Crippen LogP contribution in [0.15, 0.2) is 21.9 Å². The predicted molar refractivity (Wildman–Crippen MR) is 87.1 cm³/mol. The highest BCUT2D eigenvalue weighted by Crippen LogP contribution is 2.66. The third kappa shape index (κ3) is 6.73. The Labute approximate surface area is 159 Å². The van der Waals surface area contributed by atoms with Gasteiger partial charge in [-0.2, -0.15) is 8.62 Å². The zero-order valence-corrected chi connectivity index (χ0v) is 16.5. The lowest BCUT2D eigenvalue weighted by atomic mass is 11.1.